The van der Waals surface area contributed by atoms with E-state index in [9.17, 15) is 0 Å². The van der Waals surface area contributed by atoms with Crippen molar-refractivity contribution in [2.75, 3.05) is 0 Å². The van der Waals surface area contributed by atoms with Gasteiger partial charge in [-0.05, 0) is 40.5 Å². The highest BCUT2D eigenvalue weighted by atomic mass is 16.3. The molecule has 3 heterocycles. The van der Waals surface area contributed by atoms with Gasteiger partial charge in [-0.15, -0.1) is 0 Å². The lowest BCUT2D eigenvalue weighted by molar-refractivity contribution is 0.660. The van der Waals surface area contributed by atoms with Crippen molar-refractivity contribution < 1.29 is 4.42 Å². The lowest BCUT2D eigenvalue weighted by Gasteiger charge is -2.21. The van der Waals surface area contributed by atoms with Gasteiger partial charge in [0.05, 0.1) is 16.8 Å². The van der Waals surface area contributed by atoms with Gasteiger partial charge in [0, 0.05) is 38.4 Å². The smallest absolute Gasteiger partial charge is 0.168 e. The van der Waals surface area contributed by atoms with Crippen LogP contribution < -0.4 is 0 Å². The van der Waals surface area contributed by atoms with Crippen LogP contribution in [0.1, 0.15) is 25.0 Å². The van der Waals surface area contributed by atoms with E-state index in [4.69, 9.17) is 24.4 Å². The largest absolute Gasteiger partial charge is 0.456 e. The van der Waals surface area contributed by atoms with Gasteiger partial charge in [-0.1, -0.05) is 105 Å². The predicted octanol–water partition coefficient (Wildman–Crippen LogP) is 9.61. The van der Waals surface area contributed by atoms with Crippen LogP contribution in [0.25, 0.3) is 89.4 Å². The Bertz CT molecular complexity index is 2540. The zero-order valence-electron chi connectivity index (χ0n) is 24.1. The molecule has 5 aromatic carbocycles. The number of benzene rings is 5. The lowest BCUT2D eigenvalue weighted by Crippen LogP contribution is -2.14. The van der Waals surface area contributed by atoms with Crippen LogP contribution in [0.15, 0.2) is 114 Å². The third-order valence-electron chi connectivity index (χ3n) is 9.48. The van der Waals surface area contributed by atoms with Gasteiger partial charge >= 0.3 is 0 Å². The first-order valence-corrected chi connectivity index (χ1v) is 14.9. The molecule has 10 rings (SSSR count). The van der Waals surface area contributed by atoms with Crippen LogP contribution >= 0.6 is 0 Å². The molecule has 2 aliphatic rings. The third-order valence-corrected chi connectivity index (χ3v) is 9.48. The Morgan fingerprint density at radius 2 is 1.14 bits per heavy atom. The second-order valence-corrected chi connectivity index (χ2v) is 12.2. The Morgan fingerprint density at radius 1 is 0.500 bits per heavy atom. The molecule has 0 amide bonds. The number of fused-ring (bicyclic) bond motifs is 9. The van der Waals surface area contributed by atoms with Gasteiger partial charge < -0.3 is 4.42 Å². The fourth-order valence-corrected chi connectivity index (χ4v) is 7.39. The van der Waals surface area contributed by atoms with Crippen molar-refractivity contribution in [1.82, 2.24) is 19.9 Å². The zero-order valence-corrected chi connectivity index (χ0v) is 24.1. The predicted molar refractivity (Wildman–Crippen MR) is 175 cm³/mol. The molecule has 44 heavy (non-hydrogen) atoms. The number of hydrogen-bond donors (Lipinski definition) is 0. The van der Waals surface area contributed by atoms with Gasteiger partial charge in [-0.25, -0.2) is 19.9 Å². The minimum Gasteiger partial charge on any atom is -0.456 e. The van der Waals surface area contributed by atoms with Crippen molar-refractivity contribution in [3.63, 3.8) is 0 Å². The van der Waals surface area contributed by atoms with E-state index < -0.39 is 0 Å². The fraction of sp³-hybridized carbons (Fsp3) is 0.0769. The lowest BCUT2D eigenvalue weighted by atomic mass is 9.82. The maximum Gasteiger partial charge on any atom is 0.168 e. The number of furan rings is 1. The van der Waals surface area contributed by atoms with Crippen LogP contribution in [-0.4, -0.2) is 19.9 Å². The van der Waals surface area contributed by atoms with Crippen molar-refractivity contribution in [2.45, 2.75) is 19.3 Å². The average molecular weight is 565 g/mol. The van der Waals surface area contributed by atoms with Crippen LogP contribution in [0.5, 0.6) is 0 Å². The van der Waals surface area contributed by atoms with Gasteiger partial charge in [0.1, 0.15) is 11.2 Å². The molecule has 206 valence electrons. The van der Waals surface area contributed by atoms with Gasteiger partial charge in [0.15, 0.2) is 17.3 Å². The maximum atomic E-state index is 6.20. The standard InChI is InChI=1S/C39H24N4O/c1-39(2)28-15-7-5-10-22(28)27-20-21(18-19-29(27)39)36-40-34-23-11-3-4-12-24(23)35-33(34)38(42-36)43-37(41-35)26-14-9-17-31-32(26)25-13-6-8-16-30(25)44-31/h3-20H,1-2H3. The maximum absolute atomic E-state index is 6.20. The van der Waals surface area contributed by atoms with Crippen molar-refractivity contribution in [2.24, 2.45) is 0 Å². The molecule has 3 aromatic heterocycles. The summed E-state index contributed by atoms with van der Waals surface area (Å²) in [6, 6.07) is 37.9. The Labute approximate surface area is 252 Å². The molecule has 0 radical (unpaired) electrons. The summed E-state index contributed by atoms with van der Waals surface area (Å²) in [6.07, 6.45) is 0. The van der Waals surface area contributed by atoms with E-state index in [2.05, 4.69) is 92.7 Å². The minimum absolute atomic E-state index is 0.0585. The molecule has 0 fully saturated rings. The number of nitrogens with zero attached hydrogens (tertiary/aromatic N) is 4. The number of para-hydroxylation sites is 1. The average Bonchev–Trinajstić information content (AvgIpc) is 3.68. The molecule has 0 aliphatic heterocycles. The van der Waals surface area contributed by atoms with Crippen LogP contribution in [0.4, 0.5) is 0 Å². The molecule has 0 unspecified atom stereocenters. The molecular formula is C39H24N4O. The Morgan fingerprint density at radius 3 is 1.98 bits per heavy atom. The van der Waals surface area contributed by atoms with Crippen molar-refractivity contribution in [1.29, 1.82) is 0 Å². The molecule has 0 saturated carbocycles. The highest BCUT2D eigenvalue weighted by Gasteiger charge is 2.35. The van der Waals surface area contributed by atoms with Crippen LogP contribution in [-0.2, 0) is 5.41 Å². The monoisotopic (exact) mass is 564 g/mol. The van der Waals surface area contributed by atoms with E-state index in [0.29, 0.717) is 17.3 Å². The van der Waals surface area contributed by atoms with E-state index in [0.717, 1.165) is 61.0 Å². The quantitative estimate of drug-likeness (QED) is 0.209. The summed E-state index contributed by atoms with van der Waals surface area (Å²) in [5.41, 5.74) is 13.2. The normalized spacial score (nSPS) is 13.9. The van der Waals surface area contributed by atoms with Crippen molar-refractivity contribution in [3.05, 3.63) is 120 Å². The Balaban J connectivity index is 1.24. The topological polar surface area (TPSA) is 64.7 Å². The van der Waals surface area contributed by atoms with Crippen LogP contribution in [0, 0.1) is 0 Å². The summed E-state index contributed by atoms with van der Waals surface area (Å²) < 4.78 is 6.20. The number of hydrogen-bond acceptors (Lipinski definition) is 5. The molecule has 2 aliphatic carbocycles. The molecule has 8 aromatic rings. The molecule has 0 N–H and O–H groups in total. The first-order chi connectivity index (χ1) is 21.6. The van der Waals surface area contributed by atoms with Gasteiger partial charge in [0.2, 0.25) is 0 Å². The van der Waals surface area contributed by atoms with Gasteiger partial charge in [0.25, 0.3) is 0 Å². The Kier molecular flexibility index (Phi) is 4.46. The van der Waals surface area contributed by atoms with Crippen LogP contribution in [0.2, 0.25) is 0 Å². The summed E-state index contributed by atoms with van der Waals surface area (Å²) in [5, 5.41) is 2.95. The summed E-state index contributed by atoms with van der Waals surface area (Å²) in [5.74, 6) is 1.29. The molecule has 0 bridgehead atoms. The summed E-state index contributed by atoms with van der Waals surface area (Å²) in [6.45, 7) is 4.59. The van der Waals surface area contributed by atoms with E-state index >= 15 is 0 Å². The molecule has 5 nitrogen and oxygen atoms in total. The molecular weight excluding hydrogens is 540 g/mol. The third kappa shape index (κ3) is 3.03. The first kappa shape index (κ1) is 23.8. The van der Waals surface area contributed by atoms with Crippen LogP contribution in [0.3, 0.4) is 0 Å². The molecule has 0 spiro atoms. The van der Waals surface area contributed by atoms with Gasteiger partial charge in [-0.2, -0.15) is 0 Å². The number of rotatable bonds is 2. The van der Waals surface area contributed by atoms with Crippen molar-refractivity contribution in [3.8, 4) is 56.4 Å². The summed E-state index contributed by atoms with van der Waals surface area (Å²) >= 11 is 0. The van der Waals surface area contributed by atoms with Crippen molar-refractivity contribution >= 4 is 33.0 Å². The van der Waals surface area contributed by atoms with Gasteiger partial charge in [-0.3, -0.25) is 0 Å². The Hall–Kier alpha value is -5.68. The molecule has 0 saturated heterocycles. The SMILES string of the molecule is CC1(C)c2ccccc2-c2cc(-c3nc4c5c(nc(-c6cccc7oc8ccccc8c67)nc5n3)-c3ccccc3-4)ccc21. The van der Waals surface area contributed by atoms with E-state index in [1.54, 1.807) is 0 Å². The summed E-state index contributed by atoms with van der Waals surface area (Å²) in [4.78, 5) is 20.6. The second kappa shape index (κ2) is 8.23. The van der Waals surface area contributed by atoms with E-state index in [1.807, 2.05) is 30.3 Å². The zero-order chi connectivity index (χ0) is 29.2. The fourth-order valence-electron chi connectivity index (χ4n) is 7.39. The molecule has 5 heteroatoms. The first-order valence-electron chi connectivity index (χ1n) is 14.9. The minimum atomic E-state index is -0.0585. The highest BCUT2D eigenvalue weighted by molar-refractivity contribution is 6.14. The molecule has 0 atom stereocenters. The highest BCUT2D eigenvalue weighted by Crippen LogP contribution is 2.50. The van der Waals surface area contributed by atoms with E-state index in [-0.39, 0.29) is 5.41 Å². The second-order valence-electron chi connectivity index (χ2n) is 12.2. The van der Waals surface area contributed by atoms with E-state index in [1.165, 1.54) is 22.3 Å². The number of aromatic nitrogens is 4. The summed E-state index contributed by atoms with van der Waals surface area (Å²) in [7, 11) is 0.